The van der Waals surface area contributed by atoms with Crippen LogP contribution in [0.15, 0.2) is 24.3 Å². The number of aryl methyl sites for hydroxylation is 1. The highest BCUT2D eigenvalue weighted by Crippen LogP contribution is 2.20. The van der Waals surface area contributed by atoms with Crippen molar-refractivity contribution in [2.75, 3.05) is 6.54 Å². The molecule has 1 aromatic rings. The van der Waals surface area contributed by atoms with E-state index in [1.165, 1.54) is 0 Å². The van der Waals surface area contributed by atoms with Gasteiger partial charge in [0.2, 0.25) is 5.91 Å². The maximum atomic E-state index is 12.3. The standard InChI is InChI=1S/C17H28N4O2.ClH/c1-11(2)8-13(10-18)20-16(22)9-15(21-17(19)23)14-7-5-4-6-12(14)3;/h4-7,11,13,15H,8-10,18H2,1-3H3,(H,20,22)(H3,19,21,23);1H. The Hall–Kier alpha value is -1.79. The van der Waals surface area contributed by atoms with Gasteiger partial charge in [0.25, 0.3) is 0 Å². The maximum Gasteiger partial charge on any atom is 0.312 e. The van der Waals surface area contributed by atoms with Crippen LogP contribution in [0, 0.1) is 12.8 Å². The molecule has 3 amide bonds. The van der Waals surface area contributed by atoms with Gasteiger partial charge >= 0.3 is 6.03 Å². The second-order valence-corrected chi connectivity index (χ2v) is 6.25. The van der Waals surface area contributed by atoms with E-state index in [2.05, 4.69) is 24.5 Å². The van der Waals surface area contributed by atoms with E-state index in [9.17, 15) is 9.59 Å². The first-order valence-electron chi connectivity index (χ1n) is 7.94. The van der Waals surface area contributed by atoms with Crippen molar-refractivity contribution in [1.82, 2.24) is 10.6 Å². The molecule has 0 aliphatic rings. The minimum atomic E-state index is -0.649. The number of hydrogen-bond donors (Lipinski definition) is 4. The smallest absolute Gasteiger partial charge is 0.312 e. The van der Waals surface area contributed by atoms with E-state index < -0.39 is 12.1 Å². The van der Waals surface area contributed by atoms with Crippen molar-refractivity contribution >= 4 is 24.3 Å². The third-order valence-electron chi connectivity index (χ3n) is 3.68. The van der Waals surface area contributed by atoms with Crippen LogP contribution < -0.4 is 22.1 Å². The molecule has 0 radical (unpaired) electrons. The van der Waals surface area contributed by atoms with Gasteiger partial charge in [-0.15, -0.1) is 12.4 Å². The molecule has 1 rings (SSSR count). The Balaban J connectivity index is 0.00000529. The Morgan fingerprint density at radius 2 is 1.79 bits per heavy atom. The summed E-state index contributed by atoms with van der Waals surface area (Å²) in [4.78, 5) is 23.6. The third kappa shape index (κ3) is 7.66. The molecule has 0 aromatic heterocycles. The van der Waals surface area contributed by atoms with Crippen molar-refractivity contribution in [1.29, 1.82) is 0 Å². The summed E-state index contributed by atoms with van der Waals surface area (Å²) in [6.07, 6.45) is 0.947. The fraction of sp³-hybridized carbons (Fsp3) is 0.529. The monoisotopic (exact) mass is 356 g/mol. The van der Waals surface area contributed by atoms with Crippen molar-refractivity contribution in [3.8, 4) is 0 Å². The van der Waals surface area contributed by atoms with Gasteiger partial charge in [-0.3, -0.25) is 4.79 Å². The Kier molecular flexibility index (Phi) is 10.1. The molecule has 0 saturated carbocycles. The highest BCUT2D eigenvalue weighted by molar-refractivity contribution is 5.85. The van der Waals surface area contributed by atoms with Crippen molar-refractivity contribution in [3.05, 3.63) is 35.4 Å². The molecule has 6 nitrogen and oxygen atoms in total. The summed E-state index contributed by atoms with van der Waals surface area (Å²) < 4.78 is 0. The van der Waals surface area contributed by atoms with E-state index >= 15 is 0 Å². The molecule has 136 valence electrons. The van der Waals surface area contributed by atoms with E-state index in [-0.39, 0.29) is 30.8 Å². The molecule has 0 bridgehead atoms. The fourth-order valence-corrected chi connectivity index (χ4v) is 2.64. The third-order valence-corrected chi connectivity index (χ3v) is 3.68. The second kappa shape index (κ2) is 10.9. The number of carbonyl (C=O) groups is 2. The zero-order chi connectivity index (χ0) is 17.4. The van der Waals surface area contributed by atoms with E-state index in [4.69, 9.17) is 11.5 Å². The number of hydrogen-bond acceptors (Lipinski definition) is 3. The number of rotatable bonds is 8. The number of nitrogens with two attached hydrogens (primary N) is 2. The number of nitrogens with one attached hydrogen (secondary N) is 2. The molecule has 0 fully saturated rings. The minimum Gasteiger partial charge on any atom is -0.352 e. The number of amides is 3. The van der Waals surface area contributed by atoms with Crippen molar-refractivity contribution in [3.63, 3.8) is 0 Å². The molecule has 1 aromatic carbocycles. The molecule has 0 heterocycles. The van der Waals surface area contributed by atoms with Gasteiger partial charge < -0.3 is 22.1 Å². The molecule has 0 aliphatic carbocycles. The number of halogens is 1. The highest BCUT2D eigenvalue weighted by atomic mass is 35.5. The van der Waals surface area contributed by atoms with E-state index in [1.807, 2.05) is 31.2 Å². The topological polar surface area (TPSA) is 110 Å². The van der Waals surface area contributed by atoms with Crippen molar-refractivity contribution in [2.45, 2.75) is 45.7 Å². The lowest BCUT2D eigenvalue weighted by molar-refractivity contribution is -0.122. The molecule has 2 unspecified atom stereocenters. The first-order chi connectivity index (χ1) is 10.8. The molecule has 2 atom stereocenters. The fourth-order valence-electron chi connectivity index (χ4n) is 2.64. The zero-order valence-electron chi connectivity index (χ0n) is 14.5. The summed E-state index contributed by atoms with van der Waals surface area (Å²) in [6.45, 7) is 6.49. The lowest BCUT2D eigenvalue weighted by Crippen LogP contribution is -2.43. The quantitative estimate of drug-likeness (QED) is 0.571. The Bertz CT molecular complexity index is 537. The van der Waals surface area contributed by atoms with Crippen LogP contribution in [0.2, 0.25) is 0 Å². The van der Waals surface area contributed by atoms with Crippen LogP contribution in [0.5, 0.6) is 0 Å². The zero-order valence-corrected chi connectivity index (χ0v) is 15.4. The molecule has 0 aliphatic heterocycles. The first-order valence-corrected chi connectivity index (χ1v) is 7.94. The Labute approximate surface area is 150 Å². The average molecular weight is 357 g/mol. The number of carbonyl (C=O) groups excluding carboxylic acids is 2. The van der Waals surface area contributed by atoms with Crippen LogP contribution in [0.1, 0.15) is 43.9 Å². The largest absolute Gasteiger partial charge is 0.352 e. The Morgan fingerprint density at radius 3 is 2.29 bits per heavy atom. The molecule has 24 heavy (non-hydrogen) atoms. The highest BCUT2D eigenvalue weighted by Gasteiger charge is 2.20. The van der Waals surface area contributed by atoms with Gasteiger partial charge in [0.15, 0.2) is 0 Å². The van der Waals surface area contributed by atoms with Crippen LogP contribution in [-0.4, -0.2) is 24.5 Å². The van der Waals surface area contributed by atoms with E-state index in [0.717, 1.165) is 17.5 Å². The lowest BCUT2D eigenvalue weighted by Gasteiger charge is -2.23. The van der Waals surface area contributed by atoms with Crippen LogP contribution >= 0.6 is 12.4 Å². The molecule has 0 spiro atoms. The summed E-state index contributed by atoms with van der Waals surface area (Å²) >= 11 is 0. The molecule has 0 saturated heterocycles. The van der Waals surface area contributed by atoms with Crippen molar-refractivity contribution in [2.24, 2.45) is 17.4 Å². The lowest BCUT2D eigenvalue weighted by atomic mass is 9.98. The SMILES string of the molecule is Cc1ccccc1C(CC(=O)NC(CN)CC(C)C)NC(N)=O.Cl. The number of urea groups is 1. The predicted octanol–water partition coefficient (Wildman–Crippen LogP) is 2.01. The van der Waals surface area contributed by atoms with Crippen LogP contribution in [0.25, 0.3) is 0 Å². The van der Waals surface area contributed by atoms with Crippen LogP contribution in [-0.2, 0) is 4.79 Å². The second-order valence-electron chi connectivity index (χ2n) is 6.25. The average Bonchev–Trinajstić information content (AvgIpc) is 2.45. The molecular formula is C17H29ClN4O2. The number of benzene rings is 1. The van der Waals surface area contributed by atoms with Crippen molar-refractivity contribution < 1.29 is 9.59 Å². The summed E-state index contributed by atoms with van der Waals surface area (Å²) in [5.41, 5.74) is 12.8. The van der Waals surface area contributed by atoms with Gasteiger partial charge in [-0.05, 0) is 30.4 Å². The maximum absolute atomic E-state index is 12.3. The summed E-state index contributed by atoms with van der Waals surface area (Å²) in [6, 6.07) is 6.44. The molecule has 6 N–H and O–H groups in total. The van der Waals surface area contributed by atoms with Gasteiger partial charge in [-0.1, -0.05) is 38.1 Å². The van der Waals surface area contributed by atoms with Crippen LogP contribution in [0.4, 0.5) is 4.79 Å². The van der Waals surface area contributed by atoms with Gasteiger partial charge in [-0.2, -0.15) is 0 Å². The molecule has 7 heteroatoms. The molecular weight excluding hydrogens is 328 g/mol. The first kappa shape index (κ1) is 22.2. The van der Waals surface area contributed by atoms with Gasteiger partial charge in [-0.25, -0.2) is 4.79 Å². The normalized spacial score (nSPS) is 12.9. The summed E-state index contributed by atoms with van der Waals surface area (Å²) in [5, 5.41) is 5.58. The Morgan fingerprint density at radius 1 is 1.17 bits per heavy atom. The summed E-state index contributed by atoms with van der Waals surface area (Å²) in [7, 11) is 0. The predicted molar refractivity (Wildman–Crippen MR) is 98.9 cm³/mol. The summed E-state index contributed by atoms with van der Waals surface area (Å²) in [5.74, 6) is 0.294. The van der Waals surface area contributed by atoms with Crippen LogP contribution in [0.3, 0.4) is 0 Å². The number of primary amides is 1. The van der Waals surface area contributed by atoms with Gasteiger partial charge in [0.05, 0.1) is 12.5 Å². The van der Waals surface area contributed by atoms with Gasteiger partial charge in [0, 0.05) is 12.6 Å². The van der Waals surface area contributed by atoms with E-state index in [1.54, 1.807) is 0 Å². The van der Waals surface area contributed by atoms with E-state index in [0.29, 0.717) is 12.5 Å². The minimum absolute atomic E-state index is 0. The van der Waals surface area contributed by atoms with Gasteiger partial charge in [0.1, 0.15) is 0 Å².